The summed E-state index contributed by atoms with van der Waals surface area (Å²) >= 11 is 0. The molecule has 0 aliphatic carbocycles. The zero-order valence-electron chi connectivity index (χ0n) is 8.35. The van der Waals surface area contributed by atoms with Gasteiger partial charge < -0.3 is 0 Å². The number of benzene rings is 1. The third-order valence-electron chi connectivity index (χ3n) is 1.64. The van der Waals surface area contributed by atoms with Gasteiger partial charge in [0.05, 0.1) is 0 Å². The van der Waals surface area contributed by atoms with E-state index in [4.69, 9.17) is 0 Å². The van der Waals surface area contributed by atoms with Crippen molar-refractivity contribution in [1.29, 1.82) is 0 Å². The van der Waals surface area contributed by atoms with E-state index in [2.05, 4.69) is 0 Å². The largest absolute Gasteiger partial charge is 0.273 e. The molecule has 0 atom stereocenters. The van der Waals surface area contributed by atoms with Gasteiger partial charge in [0.25, 0.3) is 5.92 Å². The van der Waals surface area contributed by atoms with Gasteiger partial charge in [-0.2, -0.15) is 0 Å². The van der Waals surface area contributed by atoms with Gasteiger partial charge in [0.1, 0.15) is 0 Å². The van der Waals surface area contributed by atoms with Crippen molar-refractivity contribution < 1.29 is 8.78 Å². The van der Waals surface area contributed by atoms with Crippen LogP contribution in [0.4, 0.5) is 8.78 Å². The Labute approximate surface area is 78.6 Å². The first-order valence-electron chi connectivity index (χ1n) is 4.60. The molecule has 0 aliphatic rings. The lowest BCUT2D eigenvalue weighted by atomic mass is 10.1. The summed E-state index contributed by atoms with van der Waals surface area (Å²) in [6, 6.07) is 7.88. The molecule has 1 rings (SSSR count). The summed E-state index contributed by atoms with van der Waals surface area (Å²) in [5, 5.41) is 0. The van der Waals surface area contributed by atoms with Crippen LogP contribution in [0.3, 0.4) is 0 Å². The van der Waals surface area contributed by atoms with Crippen LogP contribution in [0.15, 0.2) is 30.3 Å². The molecule has 1 aromatic rings. The van der Waals surface area contributed by atoms with Gasteiger partial charge in [0.2, 0.25) is 0 Å². The summed E-state index contributed by atoms with van der Waals surface area (Å²) in [5.74, 6) is -2.67. The maximum absolute atomic E-state index is 12.9. The van der Waals surface area contributed by atoms with E-state index in [1.54, 1.807) is 18.2 Å². The van der Waals surface area contributed by atoms with Gasteiger partial charge in [-0.3, -0.25) is 0 Å². The molecular weight excluding hydrogens is 170 g/mol. The molecule has 13 heavy (non-hydrogen) atoms. The Morgan fingerprint density at radius 1 is 1.08 bits per heavy atom. The van der Waals surface area contributed by atoms with Crippen molar-refractivity contribution in [2.45, 2.75) is 33.1 Å². The standard InChI is InChI=1S/C9H10F2.C2H6/c1-2-9(10,11)8-6-4-3-5-7-8;1-2/h3-7H,2H2,1H3;1-2H3. The van der Waals surface area contributed by atoms with Gasteiger partial charge in [-0.05, 0) is 0 Å². The Hall–Kier alpha value is -0.920. The maximum atomic E-state index is 12.9. The molecule has 0 fully saturated rings. The predicted octanol–water partition coefficient (Wildman–Crippen LogP) is 4.21. The normalized spacial score (nSPS) is 10.2. The minimum atomic E-state index is -2.67. The lowest BCUT2D eigenvalue weighted by Gasteiger charge is -2.13. The Balaban J connectivity index is 0.000000671. The summed E-state index contributed by atoms with van der Waals surface area (Å²) in [7, 11) is 0. The monoisotopic (exact) mass is 186 g/mol. The molecule has 0 nitrogen and oxygen atoms in total. The van der Waals surface area contributed by atoms with Crippen LogP contribution in [-0.4, -0.2) is 0 Å². The highest BCUT2D eigenvalue weighted by Gasteiger charge is 2.27. The van der Waals surface area contributed by atoms with Crippen molar-refractivity contribution in [2.75, 3.05) is 0 Å². The van der Waals surface area contributed by atoms with Gasteiger partial charge >= 0.3 is 0 Å². The number of rotatable bonds is 2. The molecule has 2 heteroatoms. The molecule has 0 saturated heterocycles. The Bertz CT molecular complexity index is 217. The van der Waals surface area contributed by atoms with E-state index in [-0.39, 0.29) is 12.0 Å². The SMILES string of the molecule is CC.CCC(F)(F)c1ccccc1. The molecule has 1 aromatic carbocycles. The number of halogens is 2. The predicted molar refractivity (Wildman–Crippen MR) is 52.0 cm³/mol. The molecular formula is C11H16F2. The van der Waals surface area contributed by atoms with Crippen LogP contribution >= 0.6 is 0 Å². The van der Waals surface area contributed by atoms with Gasteiger partial charge in [-0.15, -0.1) is 0 Å². The second kappa shape index (κ2) is 5.68. The highest BCUT2D eigenvalue weighted by Crippen LogP contribution is 2.30. The van der Waals surface area contributed by atoms with E-state index in [1.165, 1.54) is 19.1 Å². The summed E-state index contributed by atoms with van der Waals surface area (Å²) < 4.78 is 25.8. The Morgan fingerprint density at radius 2 is 1.54 bits per heavy atom. The van der Waals surface area contributed by atoms with Gasteiger partial charge in [-0.1, -0.05) is 51.1 Å². The van der Waals surface area contributed by atoms with E-state index >= 15 is 0 Å². The summed E-state index contributed by atoms with van der Waals surface area (Å²) in [6.45, 7) is 5.48. The molecule has 74 valence electrons. The highest BCUT2D eigenvalue weighted by atomic mass is 19.3. The van der Waals surface area contributed by atoms with E-state index in [1.807, 2.05) is 13.8 Å². The third kappa shape index (κ3) is 3.53. The quantitative estimate of drug-likeness (QED) is 0.648. The van der Waals surface area contributed by atoms with Crippen LogP contribution < -0.4 is 0 Å². The third-order valence-corrected chi connectivity index (χ3v) is 1.64. The van der Waals surface area contributed by atoms with Crippen molar-refractivity contribution in [3.05, 3.63) is 35.9 Å². The zero-order valence-corrected chi connectivity index (χ0v) is 8.35. The summed E-state index contributed by atoms with van der Waals surface area (Å²) in [6.07, 6.45) is -0.142. The van der Waals surface area contributed by atoms with Crippen LogP contribution in [-0.2, 0) is 5.92 Å². The minimum Gasteiger partial charge on any atom is -0.201 e. The molecule has 0 radical (unpaired) electrons. The fourth-order valence-electron chi connectivity index (χ4n) is 0.886. The van der Waals surface area contributed by atoms with Gasteiger partial charge in [-0.25, -0.2) is 8.78 Å². The molecule has 0 amide bonds. The number of hydrogen-bond acceptors (Lipinski definition) is 0. The number of alkyl halides is 2. The van der Waals surface area contributed by atoms with E-state index in [0.29, 0.717) is 0 Å². The molecule has 0 heterocycles. The molecule has 0 unspecified atom stereocenters. The van der Waals surface area contributed by atoms with Crippen LogP contribution in [0.25, 0.3) is 0 Å². The van der Waals surface area contributed by atoms with Crippen molar-refractivity contribution in [3.8, 4) is 0 Å². The second-order valence-electron chi connectivity index (χ2n) is 2.42. The average molecular weight is 186 g/mol. The van der Waals surface area contributed by atoms with E-state index in [9.17, 15) is 8.78 Å². The lowest BCUT2D eigenvalue weighted by Crippen LogP contribution is -2.10. The first-order chi connectivity index (χ1) is 6.17. The average Bonchev–Trinajstić information content (AvgIpc) is 2.22. The first kappa shape index (κ1) is 12.1. The highest BCUT2D eigenvalue weighted by molar-refractivity contribution is 5.19. The molecule has 0 spiro atoms. The number of hydrogen-bond donors (Lipinski definition) is 0. The van der Waals surface area contributed by atoms with Crippen molar-refractivity contribution in [1.82, 2.24) is 0 Å². The Kier molecular flexibility index (Phi) is 5.28. The fraction of sp³-hybridized carbons (Fsp3) is 0.455. The Morgan fingerprint density at radius 3 is 1.92 bits per heavy atom. The minimum absolute atomic E-state index is 0.0995. The van der Waals surface area contributed by atoms with E-state index < -0.39 is 5.92 Å². The second-order valence-corrected chi connectivity index (χ2v) is 2.42. The molecule has 0 saturated carbocycles. The van der Waals surface area contributed by atoms with Crippen molar-refractivity contribution in [3.63, 3.8) is 0 Å². The molecule has 0 aromatic heterocycles. The van der Waals surface area contributed by atoms with Gasteiger partial charge in [0, 0.05) is 12.0 Å². The smallest absolute Gasteiger partial charge is 0.201 e. The topological polar surface area (TPSA) is 0 Å². The molecule has 0 aliphatic heterocycles. The first-order valence-corrected chi connectivity index (χ1v) is 4.60. The molecule has 0 bridgehead atoms. The van der Waals surface area contributed by atoms with E-state index in [0.717, 1.165) is 0 Å². The van der Waals surface area contributed by atoms with Crippen LogP contribution in [0, 0.1) is 0 Å². The maximum Gasteiger partial charge on any atom is 0.273 e. The summed E-state index contributed by atoms with van der Waals surface area (Å²) in [5.41, 5.74) is 0.0995. The fourth-order valence-corrected chi connectivity index (χ4v) is 0.886. The zero-order chi connectivity index (χ0) is 10.3. The van der Waals surface area contributed by atoms with Crippen LogP contribution in [0.2, 0.25) is 0 Å². The van der Waals surface area contributed by atoms with Gasteiger partial charge in [0.15, 0.2) is 0 Å². The van der Waals surface area contributed by atoms with Crippen LogP contribution in [0.1, 0.15) is 32.8 Å². The lowest BCUT2D eigenvalue weighted by molar-refractivity contribution is -0.00828. The summed E-state index contributed by atoms with van der Waals surface area (Å²) in [4.78, 5) is 0. The van der Waals surface area contributed by atoms with Crippen molar-refractivity contribution in [2.24, 2.45) is 0 Å². The van der Waals surface area contributed by atoms with Crippen LogP contribution in [0.5, 0.6) is 0 Å². The van der Waals surface area contributed by atoms with Crippen molar-refractivity contribution >= 4 is 0 Å². The molecule has 0 N–H and O–H groups in total.